The molecule has 0 spiro atoms. The molecule has 12 heavy (non-hydrogen) atoms. The van der Waals surface area contributed by atoms with Gasteiger partial charge in [-0.3, -0.25) is 9.69 Å². The summed E-state index contributed by atoms with van der Waals surface area (Å²) < 4.78 is 0. The van der Waals surface area contributed by atoms with Gasteiger partial charge in [-0.15, -0.1) is 0 Å². The van der Waals surface area contributed by atoms with Gasteiger partial charge in [0.1, 0.15) is 0 Å². The molecule has 0 aromatic carbocycles. The van der Waals surface area contributed by atoms with Crippen molar-refractivity contribution < 1.29 is 9.59 Å². The zero-order valence-electron chi connectivity index (χ0n) is 7.70. The first-order chi connectivity index (χ1) is 5.57. The monoisotopic (exact) mass is 170 g/mol. The van der Waals surface area contributed by atoms with E-state index in [2.05, 4.69) is 0 Å². The van der Waals surface area contributed by atoms with Crippen LogP contribution in [0.5, 0.6) is 0 Å². The molecule has 4 nitrogen and oxygen atoms in total. The van der Waals surface area contributed by atoms with Crippen molar-refractivity contribution in [3.05, 3.63) is 0 Å². The van der Waals surface area contributed by atoms with E-state index in [1.807, 2.05) is 6.92 Å². The van der Waals surface area contributed by atoms with Gasteiger partial charge in [0, 0.05) is 19.5 Å². The minimum atomic E-state index is -0.172. The van der Waals surface area contributed by atoms with E-state index in [4.69, 9.17) is 0 Å². The molecule has 0 N–H and O–H groups in total. The predicted molar refractivity (Wildman–Crippen MR) is 44.6 cm³/mol. The molecule has 0 saturated carbocycles. The summed E-state index contributed by atoms with van der Waals surface area (Å²) in [6.07, 6.45) is 0.395. The Morgan fingerprint density at radius 1 is 1.67 bits per heavy atom. The van der Waals surface area contributed by atoms with E-state index in [-0.39, 0.29) is 18.0 Å². The number of nitrogens with zero attached hydrogens (tertiary/aromatic N) is 2. The highest BCUT2D eigenvalue weighted by atomic mass is 16.2. The second-order valence-corrected chi connectivity index (χ2v) is 3.10. The molecule has 1 fully saturated rings. The van der Waals surface area contributed by atoms with Gasteiger partial charge in [0.15, 0.2) is 0 Å². The molecule has 0 aromatic rings. The number of amides is 3. The second-order valence-electron chi connectivity index (χ2n) is 3.10. The van der Waals surface area contributed by atoms with Gasteiger partial charge in [-0.1, -0.05) is 6.92 Å². The number of carbonyl (C=O) groups is 2. The summed E-state index contributed by atoms with van der Waals surface area (Å²) in [6, 6.07) is -0.0256. The third-order valence-electron chi connectivity index (χ3n) is 2.24. The van der Waals surface area contributed by atoms with Crippen LogP contribution in [0, 0.1) is 0 Å². The Labute approximate surface area is 72.1 Å². The molecular weight excluding hydrogens is 156 g/mol. The maximum atomic E-state index is 11.3. The van der Waals surface area contributed by atoms with Crippen LogP contribution in [0.1, 0.15) is 20.3 Å². The van der Waals surface area contributed by atoms with Gasteiger partial charge in [0.05, 0.1) is 6.54 Å². The molecule has 4 heteroatoms. The first-order valence-corrected chi connectivity index (χ1v) is 4.15. The molecule has 1 rings (SSSR count). The molecule has 1 heterocycles. The summed E-state index contributed by atoms with van der Waals surface area (Å²) >= 11 is 0. The van der Waals surface area contributed by atoms with Gasteiger partial charge in [0.25, 0.3) is 0 Å². The van der Waals surface area contributed by atoms with Crippen LogP contribution >= 0.6 is 0 Å². The normalized spacial score (nSPS) is 23.6. The van der Waals surface area contributed by atoms with E-state index in [1.54, 1.807) is 18.9 Å². The fourth-order valence-electron chi connectivity index (χ4n) is 1.24. The topological polar surface area (TPSA) is 40.6 Å². The van der Waals surface area contributed by atoms with E-state index in [1.165, 1.54) is 4.90 Å². The van der Waals surface area contributed by atoms with Crippen LogP contribution in [0.2, 0.25) is 0 Å². The van der Waals surface area contributed by atoms with Crippen LogP contribution in [0.15, 0.2) is 0 Å². The Morgan fingerprint density at radius 2 is 2.25 bits per heavy atom. The molecule has 1 saturated heterocycles. The van der Waals surface area contributed by atoms with Crippen LogP contribution in [0.4, 0.5) is 4.79 Å². The molecule has 1 aliphatic heterocycles. The Kier molecular flexibility index (Phi) is 2.35. The molecule has 1 atom stereocenters. The molecule has 68 valence electrons. The number of hydrogen-bond donors (Lipinski definition) is 0. The van der Waals surface area contributed by atoms with Crippen molar-refractivity contribution >= 4 is 11.9 Å². The molecule has 0 bridgehead atoms. The summed E-state index contributed by atoms with van der Waals surface area (Å²) in [5.41, 5.74) is 0. The lowest BCUT2D eigenvalue weighted by atomic mass is 10.3. The maximum Gasteiger partial charge on any atom is 0.326 e. The van der Waals surface area contributed by atoms with Crippen molar-refractivity contribution in [3.63, 3.8) is 0 Å². The maximum absolute atomic E-state index is 11.3. The summed E-state index contributed by atoms with van der Waals surface area (Å²) in [5, 5.41) is 0. The fraction of sp³-hybridized carbons (Fsp3) is 0.750. The highest BCUT2D eigenvalue weighted by molar-refractivity contribution is 5.95. The zero-order chi connectivity index (χ0) is 9.30. The second kappa shape index (κ2) is 3.13. The van der Waals surface area contributed by atoms with Gasteiger partial charge >= 0.3 is 6.03 Å². The lowest BCUT2D eigenvalue weighted by Gasteiger charge is -2.13. The number of urea groups is 1. The average molecular weight is 170 g/mol. The van der Waals surface area contributed by atoms with Crippen molar-refractivity contribution in [2.45, 2.75) is 26.3 Å². The minimum Gasteiger partial charge on any atom is -0.323 e. The number of rotatable bonds is 1. The lowest BCUT2D eigenvalue weighted by molar-refractivity contribution is -0.127. The number of carbonyl (C=O) groups excluding carboxylic acids is 2. The third-order valence-corrected chi connectivity index (χ3v) is 2.24. The highest BCUT2D eigenvalue weighted by Gasteiger charge is 2.34. The highest BCUT2D eigenvalue weighted by Crippen LogP contribution is 2.13. The molecule has 0 radical (unpaired) electrons. The molecular formula is C8H14N2O2. The van der Waals surface area contributed by atoms with Crippen molar-refractivity contribution in [3.8, 4) is 0 Å². The van der Waals surface area contributed by atoms with E-state index in [0.29, 0.717) is 13.0 Å². The summed E-state index contributed by atoms with van der Waals surface area (Å²) in [5.74, 6) is -0.0869. The van der Waals surface area contributed by atoms with Crippen molar-refractivity contribution in [2.24, 2.45) is 0 Å². The zero-order valence-corrected chi connectivity index (χ0v) is 7.70. The van der Waals surface area contributed by atoms with Gasteiger partial charge in [-0.05, 0) is 6.92 Å². The number of hydrogen-bond acceptors (Lipinski definition) is 2. The summed E-state index contributed by atoms with van der Waals surface area (Å²) in [7, 11) is 1.72. The van der Waals surface area contributed by atoms with Gasteiger partial charge < -0.3 is 4.90 Å². The minimum absolute atomic E-state index is 0.0869. The molecule has 0 aromatic heterocycles. The van der Waals surface area contributed by atoms with Crippen LogP contribution in [0.25, 0.3) is 0 Å². The standard InChI is InChI=1S/C8H14N2O2/c1-4-7(11)10-5-6(2)9(3)8(10)12/h6H,4-5H2,1-3H3. The van der Waals surface area contributed by atoms with E-state index in [9.17, 15) is 9.59 Å². The van der Waals surface area contributed by atoms with Crippen LogP contribution in [0.3, 0.4) is 0 Å². The summed E-state index contributed by atoms with van der Waals surface area (Å²) in [4.78, 5) is 25.4. The molecule has 3 amide bonds. The quantitative estimate of drug-likeness (QED) is 0.580. The van der Waals surface area contributed by atoms with Crippen LogP contribution in [-0.4, -0.2) is 41.4 Å². The SMILES string of the molecule is CCC(=O)N1CC(C)N(C)C1=O. The number of likely N-dealkylation sites (N-methyl/N-ethyl adjacent to an activating group) is 1. The number of imide groups is 1. The average Bonchev–Trinajstić information content (AvgIpc) is 2.32. The Morgan fingerprint density at radius 3 is 2.58 bits per heavy atom. The van der Waals surface area contributed by atoms with E-state index < -0.39 is 0 Å². The third kappa shape index (κ3) is 1.29. The first kappa shape index (κ1) is 9.03. The first-order valence-electron chi connectivity index (χ1n) is 4.15. The van der Waals surface area contributed by atoms with Crippen LogP contribution in [-0.2, 0) is 4.79 Å². The molecule has 1 unspecified atom stereocenters. The van der Waals surface area contributed by atoms with Gasteiger partial charge in [-0.25, -0.2) is 4.79 Å². The Hall–Kier alpha value is -1.06. The van der Waals surface area contributed by atoms with Crippen molar-refractivity contribution in [1.29, 1.82) is 0 Å². The Bertz CT molecular complexity index is 215. The van der Waals surface area contributed by atoms with Gasteiger partial charge in [-0.2, -0.15) is 0 Å². The molecule has 0 aliphatic carbocycles. The smallest absolute Gasteiger partial charge is 0.323 e. The lowest BCUT2D eigenvalue weighted by Crippen LogP contribution is -2.34. The van der Waals surface area contributed by atoms with E-state index in [0.717, 1.165) is 0 Å². The van der Waals surface area contributed by atoms with E-state index >= 15 is 0 Å². The predicted octanol–water partition coefficient (Wildman–Crippen LogP) is 0.679. The largest absolute Gasteiger partial charge is 0.326 e. The summed E-state index contributed by atoms with van der Waals surface area (Å²) in [6.45, 7) is 4.22. The van der Waals surface area contributed by atoms with Crippen LogP contribution < -0.4 is 0 Å². The Balaban J connectivity index is 2.71. The van der Waals surface area contributed by atoms with Gasteiger partial charge in [0.2, 0.25) is 5.91 Å². The fourth-order valence-corrected chi connectivity index (χ4v) is 1.24. The van der Waals surface area contributed by atoms with Crippen molar-refractivity contribution in [2.75, 3.05) is 13.6 Å². The van der Waals surface area contributed by atoms with Crippen molar-refractivity contribution in [1.82, 2.24) is 9.80 Å². The molecule has 1 aliphatic rings.